The van der Waals surface area contributed by atoms with Crippen LogP contribution in [0.25, 0.3) is 0 Å². The Bertz CT molecular complexity index is 487. The summed E-state index contributed by atoms with van der Waals surface area (Å²) in [6.07, 6.45) is -0.279. The summed E-state index contributed by atoms with van der Waals surface area (Å²) in [5.41, 5.74) is 5.99. The van der Waals surface area contributed by atoms with Gasteiger partial charge in [-0.15, -0.1) is 0 Å². The van der Waals surface area contributed by atoms with Crippen LogP contribution in [-0.4, -0.2) is 61.2 Å². The molecule has 0 aliphatic carbocycles. The van der Waals surface area contributed by atoms with E-state index < -0.39 is 6.03 Å². The Kier molecular flexibility index (Phi) is 6.02. The standard InChI is InChI=1S/C15H22N4O3/c16-14(20)17-6-7-18-8-10-19(11-9-18)15(21)22-12-13-4-2-1-3-5-13/h1-5H,6-12H2,(H3,16,17,20). The highest BCUT2D eigenvalue weighted by Crippen LogP contribution is 2.06. The number of primary amides is 1. The molecule has 3 amide bonds. The van der Waals surface area contributed by atoms with E-state index >= 15 is 0 Å². The highest BCUT2D eigenvalue weighted by atomic mass is 16.6. The number of urea groups is 1. The van der Waals surface area contributed by atoms with Gasteiger partial charge in [-0.3, -0.25) is 4.90 Å². The number of piperazine rings is 1. The fourth-order valence-electron chi connectivity index (χ4n) is 2.30. The first-order valence-corrected chi connectivity index (χ1v) is 7.36. The monoisotopic (exact) mass is 306 g/mol. The molecule has 1 heterocycles. The number of rotatable bonds is 5. The number of nitrogens with two attached hydrogens (primary N) is 1. The van der Waals surface area contributed by atoms with E-state index in [4.69, 9.17) is 10.5 Å². The normalized spacial score (nSPS) is 15.4. The minimum Gasteiger partial charge on any atom is -0.445 e. The molecule has 2 rings (SSSR count). The molecule has 1 saturated heterocycles. The lowest BCUT2D eigenvalue weighted by atomic mass is 10.2. The van der Waals surface area contributed by atoms with Crippen molar-refractivity contribution < 1.29 is 14.3 Å². The van der Waals surface area contributed by atoms with Crippen LogP contribution in [0.15, 0.2) is 30.3 Å². The first-order valence-electron chi connectivity index (χ1n) is 7.36. The van der Waals surface area contributed by atoms with Crippen molar-refractivity contribution in [2.24, 2.45) is 5.73 Å². The molecule has 3 N–H and O–H groups in total. The Hall–Kier alpha value is -2.28. The summed E-state index contributed by atoms with van der Waals surface area (Å²) in [5.74, 6) is 0. The second kappa shape index (κ2) is 8.23. The maximum absolute atomic E-state index is 12.0. The van der Waals surface area contributed by atoms with Gasteiger partial charge in [0.25, 0.3) is 0 Å². The van der Waals surface area contributed by atoms with Crippen LogP contribution in [0.3, 0.4) is 0 Å². The molecule has 1 aromatic carbocycles. The second-order valence-electron chi connectivity index (χ2n) is 5.16. The Morgan fingerprint density at radius 2 is 1.82 bits per heavy atom. The molecule has 0 unspecified atom stereocenters. The molecule has 7 nitrogen and oxygen atoms in total. The van der Waals surface area contributed by atoms with Crippen LogP contribution >= 0.6 is 0 Å². The average molecular weight is 306 g/mol. The highest BCUT2D eigenvalue weighted by Gasteiger charge is 2.21. The molecule has 0 radical (unpaired) electrons. The predicted molar refractivity (Wildman–Crippen MR) is 82.2 cm³/mol. The van der Waals surface area contributed by atoms with Crippen LogP contribution < -0.4 is 11.1 Å². The first kappa shape index (κ1) is 16.1. The van der Waals surface area contributed by atoms with E-state index in [9.17, 15) is 9.59 Å². The van der Waals surface area contributed by atoms with Crippen LogP contribution in [0.4, 0.5) is 9.59 Å². The van der Waals surface area contributed by atoms with Gasteiger partial charge in [0.2, 0.25) is 0 Å². The quantitative estimate of drug-likeness (QED) is 0.834. The summed E-state index contributed by atoms with van der Waals surface area (Å²) in [4.78, 5) is 26.5. The second-order valence-corrected chi connectivity index (χ2v) is 5.16. The highest BCUT2D eigenvalue weighted by molar-refractivity contribution is 5.71. The average Bonchev–Trinajstić information content (AvgIpc) is 2.54. The fraction of sp³-hybridized carbons (Fsp3) is 0.467. The van der Waals surface area contributed by atoms with Gasteiger partial charge in [-0.1, -0.05) is 30.3 Å². The molecular formula is C15H22N4O3. The Morgan fingerprint density at radius 3 is 2.45 bits per heavy atom. The number of amides is 3. The molecule has 0 spiro atoms. The number of hydrogen-bond acceptors (Lipinski definition) is 4. The van der Waals surface area contributed by atoms with Crippen LogP contribution in [-0.2, 0) is 11.3 Å². The molecule has 1 aliphatic heterocycles. The van der Waals surface area contributed by atoms with Crippen LogP contribution in [0, 0.1) is 0 Å². The van der Waals surface area contributed by atoms with E-state index in [1.807, 2.05) is 30.3 Å². The largest absolute Gasteiger partial charge is 0.445 e. The van der Waals surface area contributed by atoms with Crippen molar-refractivity contribution in [3.63, 3.8) is 0 Å². The first-order chi connectivity index (χ1) is 10.6. The minimum atomic E-state index is -0.511. The van der Waals surface area contributed by atoms with E-state index in [-0.39, 0.29) is 6.09 Å². The van der Waals surface area contributed by atoms with E-state index in [1.54, 1.807) is 4.90 Å². The third kappa shape index (κ3) is 5.25. The van der Waals surface area contributed by atoms with Gasteiger partial charge >= 0.3 is 12.1 Å². The van der Waals surface area contributed by atoms with Crippen molar-refractivity contribution in [2.75, 3.05) is 39.3 Å². The van der Waals surface area contributed by atoms with Crippen molar-refractivity contribution in [3.05, 3.63) is 35.9 Å². The van der Waals surface area contributed by atoms with Crippen LogP contribution in [0.2, 0.25) is 0 Å². The molecule has 0 atom stereocenters. The Balaban J connectivity index is 1.65. The molecule has 0 saturated carbocycles. The van der Waals surface area contributed by atoms with Gasteiger partial charge in [0.05, 0.1) is 0 Å². The molecule has 0 aromatic heterocycles. The lowest BCUT2D eigenvalue weighted by molar-refractivity contribution is 0.0721. The van der Waals surface area contributed by atoms with Crippen molar-refractivity contribution in [1.82, 2.24) is 15.1 Å². The lowest BCUT2D eigenvalue weighted by Crippen LogP contribution is -2.50. The smallest absolute Gasteiger partial charge is 0.410 e. The Morgan fingerprint density at radius 1 is 1.14 bits per heavy atom. The van der Waals surface area contributed by atoms with E-state index in [1.165, 1.54) is 0 Å². The third-order valence-electron chi connectivity index (χ3n) is 3.56. The van der Waals surface area contributed by atoms with Crippen molar-refractivity contribution in [3.8, 4) is 0 Å². The lowest BCUT2D eigenvalue weighted by Gasteiger charge is -2.34. The van der Waals surface area contributed by atoms with Gasteiger partial charge in [-0.05, 0) is 5.56 Å². The van der Waals surface area contributed by atoms with E-state index in [0.29, 0.717) is 26.2 Å². The number of carbonyl (C=O) groups excluding carboxylic acids is 2. The van der Waals surface area contributed by atoms with Crippen molar-refractivity contribution in [2.45, 2.75) is 6.61 Å². The maximum Gasteiger partial charge on any atom is 0.410 e. The van der Waals surface area contributed by atoms with Crippen molar-refractivity contribution in [1.29, 1.82) is 0 Å². The number of ether oxygens (including phenoxy) is 1. The zero-order valence-electron chi connectivity index (χ0n) is 12.5. The number of carbonyl (C=O) groups is 2. The van der Waals surface area contributed by atoms with Crippen molar-refractivity contribution >= 4 is 12.1 Å². The maximum atomic E-state index is 12.0. The molecule has 7 heteroatoms. The number of nitrogens with zero attached hydrogens (tertiary/aromatic N) is 2. The van der Waals surface area contributed by atoms with Crippen LogP contribution in [0.5, 0.6) is 0 Å². The zero-order chi connectivity index (χ0) is 15.8. The summed E-state index contributed by atoms with van der Waals surface area (Å²) in [5, 5.41) is 2.56. The molecular weight excluding hydrogens is 284 g/mol. The summed E-state index contributed by atoms with van der Waals surface area (Å²) in [6, 6.07) is 9.11. The van der Waals surface area contributed by atoms with Gasteiger partial charge in [-0.2, -0.15) is 0 Å². The number of hydrogen-bond donors (Lipinski definition) is 2. The summed E-state index contributed by atoms with van der Waals surface area (Å²) >= 11 is 0. The van der Waals surface area contributed by atoms with E-state index in [2.05, 4.69) is 10.2 Å². The molecule has 1 aromatic rings. The van der Waals surface area contributed by atoms with Gasteiger partial charge in [-0.25, -0.2) is 9.59 Å². The number of benzene rings is 1. The van der Waals surface area contributed by atoms with Crippen LogP contribution in [0.1, 0.15) is 5.56 Å². The molecule has 1 fully saturated rings. The molecule has 120 valence electrons. The zero-order valence-corrected chi connectivity index (χ0v) is 12.5. The fourth-order valence-corrected chi connectivity index (χ4v) is 2.30. The number of nitrogens with one attached hydrogen (secondary N) is 1. The minimum absolute atomic E-state index is 0.279. The van der Waals surface area contributed by atoms with Gasteiger partial charge in [0, 0.05) is 39.3 Å². The SMILES string of the molecule is NC(=O)NCCN1CCN(C(=O)OCc2ccccc2)CC1. The van der Waals surface area contributed by atoms with Gasteiger partial charge in [0.15, 0.2) is 0 Å². The summed E-state index contributed by atoms with van der Waals surface area (Å²) in [6.45, 7) is 4.34. The van der Waals surface area contributed by atoms with Gasteiger partial charge in [0.1, 0.15) is 6.61 Å². The predicted octanol–water partition coefficient (Wildman–Crippen LogP) is 0.609. The topological polar surface area (TPSA) is 87.9 Å². The van der Waals surface area contributed by atoms with Gasteiger partial charge < -0.3 is 20.7 Å². The molecule has 0 bridgehead atoms. The van der Waals surface area contributed by atoms with E-state index in [0.717, 1.165) is 25.2 Å². The summed E-state index contributed by atoms with van der Waals surface area (Å²) in [7, 11) is 0. The summed E-state index contributed by atoms with van der Waals surface area (Å²) < 4.78 is 5.31. The molecule has 22 heavy (non-hydrogen) atoms. The third-order valence-corrected chi connectivity index (χ3v) is 3.56. The Labute approximate surface area is 130 Å². The molecule has 1 aliphatic rings.